The number of rotatable bonds is 9. The van der Waals surface area contributed by atoms with Gasteiger partial charge in [-0.05, 0) is 58.2 Å². The second-order valence-electron chi connectivity index (χ2n) is 6.19. The summed E-state index contributed by atoms with van der Waals surface area (Å²) in [5.74, 6) is -5.92. The van der Waals surface area contributed by atoms with Crippen LogP contribution in [0.4, 0.5) is 30.7 Å². The second kappa shape index (κ2) is 10.2. The molecule has 0 atom stereocenters. The van der Waals surface area contributed by atoms with Crippen molar-refractivity contribution in [2.75, 3.05) is 6.61 Å². The van der Waals surface area contributed by atoms with Gasteiger partial charge in [0.05, 0.1) is 17.3 Å². The number of alkyl halides is 7. The van der Waals surface area contributed by atoms with E-state index in [1.165, 1.54) is 12.1 Å². The predicted octanol–water partition coefficient (Wildman–Crippen LogP) is 6.79. The van der Waals surface area contributed by atoms with Crippen molar-refractivity contribution in [1.82, 2.24) is 5.43 Å². The lowest BCUT2D eigenvalue weighted by atomic mass is 10.2. The van der Waals surface area contributed by atoms with Gasteiger partial charge in [-0.2, -0.15) is 35.8 Å². The summed E-state index contributed by atoms with van der Waals surface area (Å²) in [6.45, 7) is 1.99. The molecule has 0 radical (unpaired) electrons. The standard InChI is InChI=1S/C19H15BrClF7N2O2/c1-2-31-15-8-12(9-29-30-19(27,28)17(22,23)18(24,25)26)7-14(20)16(15)32-10-11-3-5-13(21)6-4-11/h3-9,30H,2,10H2,1H3/b29-9-. The molecular weight excluding hydrogens is 537 g/mol. The molecule has 0 amide bonds. The summed E-state index contributed by atoms with van der Waals surface area (Å²) < 4.78 is 100. The summed E-state index contributed by atoms with van der Waals surface area (Å²) in [4.78, 5) is 0. The quantitative estimate of drug-likeness (QED) is 0.161. The third kappa shape index (κ3) is 6.18. The van der Waals surface area contributed by atoms with Gasteiger partial charge in [-0.25, -0.2) is 5.43 Å². The van der Waals surface area contributed by atoms with Crippen LogP contribution in [0.3, 0.4) is 0 Å². The molecule has 2 aromatic rings. The van der Waals surface area contributed by atoms with E-state index >= 15 is 0 Å². The highest BCUT2D eigenvalue weighted by molar-refractivity contribution is 9.10. The summed E-state index contributed by atoms with van der Waals surface area (Å²) in [6.07, 6.45) is -5.83. The van der Waals surface area contributed by atoms with Crippen LogP contribution in [0, 0.1) is 0 Å². The number of nitrogens with zero attached hydrogens (tertiary/aromatic N) is 1. The fraction of sp³-hybridized carbons (Fsp3) is 0.316. The Bertz CT molecular complexity index is 954. The third-order valence-electron chi connectivity index (χ3n) is 3.80. The highest BCUT2D eigenvalue weighted by Gasteiger charge is 2.73. The minimum absolute atomic E-state index is 0.0535. The highest BCUT2D eigenvalue weighted by Crippen LogP contribution is 2.45. The first kappa shape index (κ1) is 26.0. The number of hydrogen-bond donors (Lipinski definition) is 1. The lowest BCUT2D eigenvalue weighted by molar-refractivity contribution is -0.361. The summed E-state index contributed by atoms with van der Waals surface area (Å²) in [5, 5.41) is 3.37. The van der Waals surface area contributed by atoms with E-state index in [4.69, 9.17) is 21.1 Å². The fourth-order valence-corrected chi connectivity index (χ4v) is 2.94. The van der Waals surface area contributed by atoms with Gasteiger partial charge in [0.25, 0.3) is 0 Å². The van der Waals surface area contributed by atoms with E-state index < -0.39 is 18.1 Å². The molecule has 0 aliphatic rings. The second-order valence-corrected chi connectivity index (χ2v) is 7.49. The highest BCUT2D eigenvalue weighted by atomic mass is 79.9. The van der Waals surface area contributed by atoms with E-state index in [-0.39, 0.29) is 30.3 Å². The van der Waals surface area contributed by atoms with E-state index in [1.807, 2.05) is 0 Å². The monoisotopic (exact) mass is 550 g/mol. The molecule has 0 fully saturated rings. The van der Waals surface area contributed by atoms with Crippen LogP contribution in [0.5, 0.6) is 11.5 Å². The smallest absolute Gasteiger partial charge is 0.462 e. The van der Waals surface area contributed by atoms with Gasteiger partial charge in [0.15, 0.2) is 11.5 Å². The van der Waals surface area contributed by atoms with Crippen molar-refractivity contribution < 1.29 is 40.2 Å². The SMILES string of the molecule is CCOc1cc(/C=N\NC(F)(F)C(F)(F)C(F)(F)F)cc(Br)c1OCc1ccc(Cl)cc1. The van der Waals surface area contributed by atoms with Gasteiger partial charge >= 0.3 is 18.1 Å². The molecule has 13 heteroatoms. The number of ether oxygens (including phenoxy) is 2. The normalized spacial score (nSPS) is 12.8. The number of hydrogen-bond acceptors (Lipinski definition) is 4. The van der Waals surface area contributed by atoms with E-state index in [0.29, 0.717) is 21.1 Å². The van der Waals surface area contributed by atoms with Crippen LogP contribution in [0.1, 0.15) is 18.1 Å². The molecule has 4 nitrogen and oxygen atoms in total. The predicted molar refractivity (Wildman–Crippen MR) is 108 cm³/mol. The van der Waals surface area contributed by atoms with Crippen molar-refractivity contribution >= 4 is 33.7 Å². The van der Waals surface area contributed by atoms with Gasteiger partial charge in [-0.3, -0.25) is 0 Å². The minimum atomic E-state index is -6.47. The van der Waals surface area contributed by atoms with Crippen LogP contribution in [0.2, 0.25) is 5.02 Å². The topological polar surface area (TPSA) is 42.8 Å². The van der Waals surface area contributed by atoms with Crippen LogP contribution in [0.25, 0.3) is 0 Å². The average molecular weight is 552 g/mol. The van der Waals surface area contributed by atoms with Crippen molar-refractivity contribution in [2.24, 2.45) is 5.10 Å². The van der Waals surface area contributed by atoms with Crippen molar-refractivity contribution in [3.05, 3.63) is 57.0 Å². The van der Waals surface area contributed by atoms with Gasteiger partial charge in [0.1, 0.15) is 6.61 Å². The maximum absolute atomic E-state index is 13.3. The van der Waals surface area contributed by atoms with Gasteiger partial charge in [-0.1, -0.05) is 23.7 Å². The zero-order chi connectivity index (χ0) is 24.2. The molecule has 0 aliphatic heterocycles. The van der Waals surface area contributed by atoms with E-state index in [9.17, 15) is 30.7 Å². The Balaban J connectivity index is 2.20. The molecular formula is C19H15BrClF7N2O2. The first-order chi connectivity index (χ1) is 14.8. The third-order valence-corrected chi connectivity index (χ3v) is 4.64. The molecule has 32 heavy (non-hydrogen) atoms. The maximum Gasteiger partial charge on any atom is 0.462 e. The van der Waals surface area contributed by atoms with Gasteiger partial charge in [-0.15, -0.1) is 0 Å². The number of nitrogens with one attached hydrogen (secondary N) is 1. The van der Waals surface area contributed by atoms with Crippen LogP contribution in [-0.2, 0) is 6.61 Å². The Hall–Kier alpha value is -2.21. The molecule has 0 spiro atoms. The Kier molecular flexibility index (Phi) is 8.27. The van der Waals surface area contributed by atoms with Crippen LogP contribution in [0.15, 0.2) is 46.0 Å². The maximum atomic E-state index is 13.3. The van der Waals surface area contributed by atoms with Crippen molar-refractivity contribution in [3.63, 3.8) is 0 Å². The Labute approximate surface area is 191 Å². The van der Waals surface area contributed by atoms with Crippen LogP contribution in [-0.4, -0.2) is 31.0 Å². The molecule has 2 rings (SSSR count). The molecule has 0 saturated heterocycles. The van der Waals surface area contributed by atoms with Gasteiger partial charge in [0, 0.05) is 5.02 Å². The molecule has 0 heterocycles. The molecule has 0 aromatic heterocycles. The fourth-order valence-electron chi connectivity index (χ4n) is 2.24. The number of benzene rings is 2. The summed E-state index contributed by atoms with van der Waals surface area (Å²) >= 11 is 9.04. The molecule has 0 unspecified atom stereocenters. The minimum Gasteiger partial charge on any atom is -0.490 e. The zero-order valence-electron chi connectivity index (χ0n) is 16.1. The van der Waals surface area contributed by atoms with Crippen LogP contribution < -0.4 is 14.9 Å². The molecule has 176 valence electrons. The first-order valence-corrected chi connectivity index (χ1v) is 9.91. The van der Waals surface area contributed by atoms with Crippen molar-refractivity contribution in [3.8, 4) is 11.5 Å². The van der Waals surface area contributed by atoms with Crippen molar-refractivity contribution in [2.45, 2.75) is 31.7 Å². The first-order valence-electron chi connectivity index (χ1n) is 8.74. The molecule has 0 bridgehead atoms. The largest absolute Gasteiger partial charge is 0.490 e. The Morgan fingerprint density at radius 2 is 1.66 bits per heavy atom. The van der Waals surface area contributed by atoms with Crippen molar-refractivity contribution in [1.29, 1.82) is 0 Å². The summed E-state index contributed by atoms with van der Waals surface area (Å²) in [5.41, 5.74) is 1.40. The molecule has 0 saturated carbocycles. The van der Waals surface area contributed by atoms with E-state index in [1.54, 1.807) is 31.2 Å². The molecule has 1 N–H and O–H groups in total. The summed E-state index contributed by atoms with van der Waals surface area (Å²) in [6, 6.07) is 3.76. The Morgan fingerprint density at radius 1 is 1.03 bits per heavy atom. The van der Waals surface area contributed by atoms with E-state index in [2.05, 4.69) is 21.0 Å². The average Bonchev–Trinajstić information content (AvgIpc) is 2.68. The lowest BCUT2D eigenvalue weighted by Crippen LogP contribution is -2.58. The zero-order valence-corrected chi connectivity index (χ0v) is 18.5. The van der Waals surface area contributed by atoms with Crippen LogP contribution >= 0.6 is 27.5 Å². The number of halogens is 9. The number of hydrazone groups is 1. The molecule has 2 aromatic carbocycles. The van der Waals surface area contributed by atoms with Gasteiger partial charge < -0.3 is 9.47 Å². The van der Waals surface area contributed by atoms with Gasteiger partial charge in [0.2, 0.25) is 0 Å². The summed E-state index contributed by atoms with van der Waals surface area (Å²) in [7, 11) is 0. The lowest BCUT2D eigenvalue weighted by Gasteiger charge is -2.27. The van der Waals surface area contributed by atoms with E-state index in [0.717, 1.165) is 5.56 Å². The Morgan fingerprint density at radius 3 is 2.22 bits per heavy atom. The molecule has 0 aliphatic carbocycles.